The van der Waals surface area contributed by atoms with Crippen molar-refractivity contribution in [2.45, 2.75) is 13.5 Å². The first-order chi connectivity index (χ1) is 10.1. The molecule has 1 heterocycles. The van der Waals surface area contributed by atoms with Crippen LogP contribution in [0, 0.1) is 18.6 Å². The van der Waals surface area contributed by atoms with Crippen molar-refractivity contribution in [3.8, 4) is 0 Å². The van der Waals surface area contributed by atoms with Crippen LogP contribution in [0.4, 0.5) is 14.5 Å². The van der Waals surface area contributed by atoms with Gasteiger partial charge in [0.05, 0.1) is 5.69 Å². The molecule has 21 heavy (non-hydrogen) atoms. The Kier molecular flexibility index (Phi) is 3.68. The van der Waals surface area contributed by atoms with Crippen molar-refractivity contribution in [2.75, 3.05) is 5.32 Å². The molecule has 0 atom stereocenters. The largest absolute Gasteiger partial charge is 0.461 e. The fourth-order valence-corrected chi connectivity index (χ4v) is 2.88. The number of benzene rings is 2. The van der Waals surface area contributed by atoms with Gasteiger partial charge >= 0.3 is 0 Å². The van der Waals surface area contributed by atoms with E-state index < -0.39 is 11.6 Å². The minimum Gasteiger partial charge on any atom is -0.461 e. The summed E-state index contributed by atoms with van der Waals surface area (Å²) >= 11 is 3.16. The molecule has 0 saturated heterocycles. The van der Waals surface area contributed by atoms with Crippen molar-refractivity contribution in [3.63, 3.8) is 0 Å². The van der Waals surface area contributed by atoms with Crippen molar-refractivity contribution in [2.24, 2.45) is 0 Å². The maximum atomic E-state index is 13.8. The molecule has 2 aromatic carbocycles. The second-order valence-corrected chi connectivity index (χ2v) is 5.59. The van der Waals surface area contributed by atoms with Gasteiger partial charge in [0.25, 0.3) is 0 Å². The fourth-order valence-electron chi connectivity index (χ4n) is 2.33. The van der Waals surface area contributed by atoms with E-state index in [1.807, 2.05) is 31.2 Å². The SMILES string of the molecule is Cc1oc2ccccc2c1CNc1c(F)cc(F)cc1Br. The summed E-state index contributed by atoms with van der Waals surface area (Å²) in [7, 11) is 0. The summed E-state index contributed by atoms with van der Waals surface area (Å²) in [4.78, 5) is 0. The van der Waals surface area contributed by atoms with Gasteiger partial charge in [0, 0.05) is 28.0 Å². The Morgan fingerprint density at radius 2 is 1.95 bits per heavy atom. The van der Waals surface area contributed by atoms with Crippen LogP contribution in [0.3, 0.4) is 0 Å². The molecule has 0 saturated carbocycles. The number of fused-ring (bicyclic) bond motifs is 1. The summed E-state index contributed by atoms with van der Waals surface area (Å²) in [5, 5.41) is 3.98. The highest BCUT2D eigenvalue weighted by Gasteiger charge is 2.13. The molecule has 2 nitrogen and oxygen atoms in total. The van der Waals surface area contributed by atoms with Crippen LogP contribution in [0.15, 0.2) is 45.3 Å². The van der Waals surface area contributed by atoms with Gasteiger partial charge in [-0.1, -0.05) is 18.2 Å². The van der Waals surface area contributed by atoms with E-state index in [0.717, 1.165) is 28.4 Å². The predicted molar refractivity (Wildman–Crippen MR) is 82.3 cm³/mol. The molecule has 0 aliphatic rings. The topological polar surface area (TPSA) is 25.2 Å². The average molecular weight is 352 g/mol. The second-order valence-electron chi connectivity index (χ2n) is 4.73. The Labute approximate surface area is 128 Å². The van der Waals surface area contributed by atoms with Gasteiger partial charge in [-0.15, -0.1) is 0 Å². The molecule has 0 aliphatic carbocycles. The first kappa shape index (κ1) is 14.1. The maximum absolute atomic E-state index is 13.8. The van der Waals surface area contributed by atoms with Gasteiger partial charge in [-0.25, -0.2) is 8.78 Å². The van der Waals surface area contributed by atoms with E-state index in [1.165, 1.54) is 6.07 Å². The number of hydrogen-bond acceptors (Lipinski definition) is 2. The number of halogens is 3. The molecule has 0 bridgehead atoms. The Balaban J connectivity index is 1.92. The smallest absolute Gasteiger partial charge is 0.150 e. The molecule has 0 aliphatic heterocycles. The minimum absolute atomic E-state index is 0.237. The molecule has 108 valence electrons. The maximum Gasteiger partial charge on any atom is 0.150 e. The highest BCUT2D eigenvalue weighted by atomic mass is 79.9. The summed E-state index contributed by atoms with van der Waals surface area (Å²) in [6.45, 7) is 2.26. The van der Waals surface area contributed by atoms with Gasteiger partial charge in [0.2, 0.25) is 0 Å². The van der Waals surface area contributed by atoms with Crippen LogP contribution in [0.2, 0.25) is 0 Å². The lowest BCUT2D eigenvalue weighted by Crippen LogP contribution is -2.03. The van der Waals surface area contributed by atoms with E-state index in [-0.39, 0.29) is 5.69 Å². The summed E-state index contributed by atoms with van der Waals surface area (Å²) < 4.78 is 32.9. The normalized spacial score (nSPS) is 11.0. The lowest BCUT2D eigenvalue weighted by molar-refractivity contribution is 0.572. The molecule has 1 N–H and O–H groups in total. The Bertz CT molecular complexity index is 790. The zero-order valence-electron chi connectivity index (χ0n) is 11.2. The van der Waals surface area contributed by atoms with Gasteiger partial charge in [-0.2, -0.15) is 0 Å². The number of aryl methyl sites for hydroxylation is 1. The highest BCUT2D eigenvalue weighted by molar-refractivity contribution is 9.10. The Morgan fingerprint density at radius 3 is 2.71 bits per heavy atom. The second kappa shape index (κ2) is 5.48. The molecule has 0 amide bonds. The number of nitrogens with one attached hydrogen (secondary N) is 1. The van der Waals surface area contributed by atoms with Crippen LogP contribution < -0.4 is 5.32 Å². The molecule has 3 rings (SSSR count). The first-order valence-corrected chi connectivity index (χ1v) is 7.21. The number of rotatable bonds is 3. The average Bonchev–Trinajstić information content (AvgIpc) is 2.73. The molecule has 1 aromatic heterocycles. The van der Waals surface area contributed by atoms with E-state index >= 15 is 0 Å². The molecule has 3 aromatic rings. The Hall–Kier alpha value is -1.88. The Morgan fingerprint density at radius 1 is 1.19 bits per heavy atom. The molecule has 5 heteroatoms. The van der Waals surface area contributed by atoms with Crippen LogP contribution >= 0.6 is 15.9 Å². The standard InChI is InChI=1S/C16H12BrF2NO/c1-9-12(11-4-2-3-5-15(11)21-9)8-20-16-13(17)6-10(18)7-14(16)19/h2-7,20H,8H2,1H3. The number of hydrogen-bond donors (Lipinski definition) is 1. The van der Waals surface area contributed by atoms with E-state index in [1.54, 1.807) is 0 Å². The zero-order valence-corrected chi connectivity index (χ0v) is 12.8. The predicted octanol–water partition coefficient (Wildman–Crippen LogP) is 5.39. The van der Waals surface area contributed by atoms with E-state index in [2.05, 4.69) is 21.2 Å². The van der Waals surface area contributed by atoms with Gasteiger partial charge in [0.1, 0.15) is 23.0 Å². The highest BCUT2D eigenvalue weighted by Crippen LogP contribution is 2.30. The van der Waals surface area contributed by atoms with Crippen LogP contribution in [0.25, 0.3) is 11.0 Å². The van der Waals surface area contributed by atoms with Crippen molar-refractivity contribution in [1.29, 1.82) is 0 Å². The van der Waals surface area contributed by atoms with E-state index in [0.29, 0.717) is 11.0 Å². The van der Waals surface area contributed by atoms with Crippen LogP contribution in [-0.4, -0.2) is 0 Å². The van der Waals surface area contributed by atoms with Crippen molar-refractivity contribution in [1.82, 2.24) is 0 Å². The quantitative estimate of drug-likeness (QED) is 0.683. The molecule has 0 spiro atoms. The van der Waals surface area contributed by atoms with Crippen LogP contribution in [0.1, 0.15) is 11.3 Å². The third-order valence-corrected chi connectivity index (χ3v) is 3.97. The summed E-state index contributed by atoms with van der Waals surface area (Å²) in [6, 6.07) is 9.76. The third kappa shape index (κ3) is 2.65. The molecule has 0 unspecified atom stereocenters. The molecule has 0 radical (unpaired) electrons. The van der Waals surface area contributed by atoms with Crippen LogP contribution in [-0.2, 0) is 6.54 Å². The van der Waals surface area contributed by atoms with E-state index in [9.17, 15) is 8.78 Å². The van der Waals surface area contributed by atoms with Crippen molar-refractivity contribution >= 4 is 32.6 Å². The number of anilines is 1. The summed E-state index contributed by atoms with van der Waals surface area (Å²) in [6.07, 6.45) is 0. The molecule has 0 fully saturated rings. The number of furan rings is 1. The lowest BCUT2D eigenvalue weighted by atomic mass is 10.1. The molecular formula is C16H12BrF2NO. The van der Waals surface area contributed by atoms with Gasteiger partial charge in [0.15, 0.2) is 0 Å². The monoisotopic (exact) mass is 351 g/mol. The summed E-state index contributed by atoms with van der Waals surface area (Å²) in [5.74, 6) is -0.468. The first-order valence-electron chi connectivity index (χ1n) is 6.41. The third-order valence-electron chi connectivity index (χ3n) is 3.35. The fraction of sp³-hybridized carbons (Fsp3) is 0.125. The zero-order chi connectivity index (χ0) is 15.0. The van der Waals surface area contributed by atoms with E-state index in [4.69, 9.17) is 4.42 Å². The van der Waals surface area contributed by atoms with Crippen LogP contribution in [0.5, 0.6) is 0 Å². The molecular weight excluding hydrogens is 340 g/mol. The summed E-state index contributed by atoms with van der Waals surface area (Å²) in [5.41, 5.74) is 1.99. The van der Waals surface area contributed by atoms with Crippen molar-refractivity contribution < 1.29 is 13.2 Å². The van der Waals surface area contributed by atoms with Gasteiger partial charge in [-0.3, -0.25) is 0 Å². The lowest BCUT2D eigenvalue weighted by Gasteiger charge is -2.10. The van der Waals surface area contributed by atoms with Gasteiger partial charge < -0.3 is 9.73 Å². The minimum atomic E-state index is -0.632. The number of para-hydroxylation sites is 1. The van der Waals surface area contributed by atoms with Gasteiger partial charge in [-0.05, 0) is 35.0 Å². The van der Waals surface area contributed by atoms with Crippen molar-refractivity contribution in [3.05, 3.63) is 63.8 Å².